The molecule has 3 N–H and O–H groups in total. The maximum Gasteiger partial charge on any atom is 1.00 e. The Bertz CT molecular complexity index is 281. The summed E-state index contributed by atoms with van der Waals surface area (Å²) in [6, 6.07) is -0.346. The van der Waals surface area contributed by atoms with E-state index in [2.05, 4.69) is 4.98 Å². The molecule has 1 aromatic rings. The standard InChI is InChI=1S/C7H9N3O.ClH/c8-7(11)10-3-5-1-9-2-6(5)4-10;/h1-2,9H,3-4H2,(H2,8,11);1H/p+1. The van der Waals surface area contributed by atoms with Gasteiger partial charge in [-0.1, -0.05) is 0 Å². The quantitative estimate of drug-likeness (QED) is 0.626. The average molecular weight is 189 g/mol. The molecule has 66 valence electrons. The van der Waals surface area contributed by atoms with Gasteiger partial charge in [-0.25, -0.2) is 4.79 Å². The molecule has 0 saturated heterocycles. The lowest BCUT2D eigenvalue weighted by Gasteiger charge is -2.10. The number of aromatic nitrogens is 1. The van der Waals surface area contributed by atoms with Gasteiger partial charge in [0.05, 0.1) is 0 Å². The zero-order valence-corrected chi connectivity index (χ0v) is 7.23. The van der Waals surface area contributed by atoms with E-state index in [4.69, 9.17) is 5.73 Å². The number of amides is 2. The SMILES string of the molecule is Cl.NC(=O)N1Cc2c[nH]cc2C1.[H+]. The van der Waals surface area contributed by atoms with Gasteiger partial charge < -0.3 is 15.6 Å². The summed E-state index contributed by atoms with van der Waals surface area (Å²) >= 11 is 0. The normalized spacial score (nSPS) is 13.8. The third kappa shape index (κ3) is 1.25. The number of carbonyl (C=O) groups is 1. The van der Waals surface area contributed by atoms with Gasteiger partial charge in [0, 0.05) is 25.5 Å². The fourth-order valence-corrected chi connectivity index (χ4v) is 1.35. The van der Waals surface area contributed by atoms with Gasteiger partial charge >= 0.3 is 7.46 Å². The number of aromatic amines is 1. The fraction of sp³-hybridized carbons (Fsp3) is 0.286. The molecule has 0 unspecified atom stereocenters. The molecule has 0 saturated carbocycles. The second kappa shape index (κ2) is 3.06. The van der Waals surface area contributed by atoms with Crippen molar-refractivity contribution in [3.05, 3.63) is 23.5 Å². The van der Waals surface area contributed by atoms with Gasteiger partial charge in [0.1, 0.15) is 0 Å². The van der Waals surface area contributed by atoms with Crippen LogP contribution in [0.3, 0.4) is 0 Å². The molecular weight excluding hydrogens is 178 g/mol. The molecular formula is C7H11ClN3O+. The minimum atomic E-state index is -0.346. The van der Waals surface area contributed by atoms with Crippen LogP contribution in [0.2, 0.25) is 0 Å². The third-order valence-electron chi connectivity index (χ3n) is 1.96. The summed E-state index contributed by atoms with van der Waals surface area (Å²) in [6.45, 7) is 1.29. The summed E-state index contributed by atoms with van der Waals surface area (Å²) < 4.78 is 0. The van der Waals surface area contributed by atoms with Crippen molar-refractivity contribution in [1.82, 2.24) is 9.88 Å². The summed E-state index contributed by atoms with van der Waals surface area (Å²) in [5.74, 6) is 0. The zero-order valence-electron chi connectivity index (χ0n) is 7.41. The second-order valence-electron chi connectivity index (χ2n) is 2.70. The highest BCUT2D eigenvalue weighted by atomic mass is 35.5. The number of nitrogens with two attached hydrogens (primary N) is 1. The van der Waals surface area contributed by atoms with E-state index in [-0.39, 0.29) is 19.9 Å². The largest absolute Gasteiger partial charge is 1.00 e. The van der Waals surface area contributed by atoms with Crippen molar-refractivity contribution in [2.24, 2.45) is 5.73 Å². The van der Waals surface area contributed by atoms with E-state index in [1.807, 2.05) is 12.4 Å². The van der Waals surface area contributed by atoms with E-state index in [0.717, 1.165) is 0 Å². The van der Waals surface area contributed by atoms with Crippen molar-refractivity contribution in [1.29, 1.82) is 0 Å². The van der Waals surface area contributed by atoms with Crippen molar-refractivity contribution in [2.45, 2.75) is 13.1 Å². The molecule has 0 aromatic carbocycles. The summed E-state index contributed by atoms with van der Waals surface area (Å²) in [6.07, 6.45) is 3.80. The molecule has 0 bridgehead atoms. The first-order valence-corrected chi connectivity index (χ1v) is 3.46. The lowest BCUT2D eigenvalue weighted by molar-refractivity contribution is 0.208. The lowest BCUT2D eigenvalue weighted by Crippen LogP contribution is -2.30. The molecule has 0 radical (unpaired) electrons. The van der Waals surface area contributed by atoms with Crippen molar-refractivity contribution in [3.63, 3.8) is 0 Å². The first-order chi connectivity index (χ1) is 5.27. The molecule has 2 amide bonds. The number of fused-ring (bicyclic) bond motifs is 1. The Morgan fingerprint density at radius 1 is 1.50 bits per heavy atom. The molecule has 12 heavy (non-hydrogen) atoms. The Kier molecular flexibility index (Phi) is 2.28. The van der Waals surface area contributed by atoms with Crippen LogP contribution in [0.25, 0.3) is 0 Å². The molecule has 1 aliphatic rings. The zero-order chi connectivity index (χ0) is 7.84. The van der Waals surface area contributed by atoms with E-state index < -0.39 is 0 Å². The maximum atomic E-state index is 10.7. The van der Waals surface area contributed by atoms with Gasteiger partial charge in [0.25, 0.3) is 0 Å². The summed E-state index contributed by atoms with van der Waals surface area (Å²) in [5, 5.41) is 0. The van der Waals surface area contributed by atoms with Crippen LogP contribution < -0.4 is 5.73 Å². The van der Waals surface area contributed by atoms with E-state index in [1.54, 1.807) is 4.90 Å². The first kappa shape index (κ1) is 8.93. The van der Waals surface area contributed by atoms with Gasteiger partial charge in [0.2, 0.25) is 0 Å². The average Bonchev–Trinajstić information content (AvgIpc) is 2.40. The van der Waals surface area contributed by atoms with Crippen LogP contribution in [0.5, 0.6) is 0 Å². The minimum absolute atomic E-state index is 0. The molecule has 5 heteroatoms. The summed E-state index contributed by atoms with van der Waals surface area (Å²) in [7, 11) is 0. The number of hydrogen-bond donors (Lipinski definition) is 2. The van der Waals surface area contributed by atoms with Gasteiger partial charge in [0.15, 0.2) is 0 Å². The third-order valence-corrected chi connectivity index (χ3v) is 1.96. The van der Waals surface area contributed by atoms with Crippen LogP contribution in [-0.2, 0) is 13.1 Å². The van der Waals surface area contributed by atoms with Gasteiger partial charge in [-0.05, 0) is 11.1 Å². The summed E-state index contributed by atoms with van der Waals surface area (Å²) in [4.78, 5) is 15.3. The van der Waals surface area contributed by atoms with Crippen LogP contribution >= 0.6 is 12.4 Å². The highest BCUT2D eigenvalue weighted by Crippen LogP contribution is 2.20. The topological polar surface area (TPSA) is 62.1 Å². The van der Waals surface area contributed by atoms with Crippen LogP contribution in [0, 0.1) is 0 Å². The minimum Gasteiger partial charge on any atom is -0.367 e. The highest BCUT2D eigenvalue weighted by Gasteiger charge is 2.21. The Hall–Kier alpha value is -1.16. The molecule has 1 aromatic heterocycles. The van der Waals surface area contributed by atoms with Gasteiger partial charge in [-0.15, -0.1) is 12.4 Å². The number of hydrogen-bond acceptors (Lipinski definition) is 1. The van der Waals surface area contributed by atoms with Crippen molar-refractivity contribution in [2.75, 3.05) is 0 Å². The van der Waals surface area contributed by atoms with E-state index in [9.17, 15) is 4.79 Å². The second-order valence-corrected chi connectivity index (χ2v) is 2.70. The molecule has 1 aliphatic heterocycles. The molecule has 0 atom stereocenters. The molecule has 2 rings (SSSR count). The Labute approximate surface area is 77.6 Å². The highest BCUT2D eigenvalue weighted by molar-refractivity contribution is 5.85. The van der Waals surface area contributed by atoms with E-state index in [1.165, 1.54) is 11.1 Å². The van der Waals surface area contributed by atoms with E-state index in [0.29, 0.717) is 13.1 Å². The number of rotatable bonds is 0. The van der Waals surface area contributed by atoms with Crippen molar-refractivity contribution < 1.29 is 6.22 Å². The number of halogens is 1. The number of urea groups is 1. The van der Waals surface area contributed by atoms with Crippen LogP contribution in [0.4, 0.5) is 4.79 Å². The number of nitrogens with zero attached hydrogens (tertiary/aromatic N) is 1. The number of carbonyl (C=O) groups excluding carboxylic acids is 1. The fourth-order valence-electron chi connectivity index (χ4n) is 1.35. The van der Waals surface area contributed by atoms with Crippen molar-refractivity contribution in [3.8, 4) is 0 Å². The lowest BCUT2D eigenvalue weighted by atomic mass is 10.2. The Balaban J connectivity index is 0.000000720. The summed E-state index contributed by atoms with van der Waals surface area (Å²) in [5.41, 5.74) is 7.45. The Morgan fingerprint density at radius 3 is 2.42 bits per heavy atom. The molecule has 0 spiro atoms. The predicted molar refractivity (Wildman–Crippen MR) is 48.0 cm³/mol. The van der Waals surface area contributed by atoms with Crippen LogP contribution in [-0.4, -0.2) is 15.9 Å². The maximum absolute atomic E-state index is 10.7. The van der Waals surface area contributed by atoms with Gasteiger partial charge in [-0.2, -0.15) is 0 Å². The molecule has 2 heterocycles. The number of H-pyrrole nitrogens is 1. The first-order valence-electron chi connectivity index (χ1n) is 3.46. The van der Waals surface area contributed by atoms with Crippen LogP contribution in [0.1, 0.15) is 12.6 Å². The number of nitrogens with one attached hydrogen (secondary N) is 1. The number of primary amides is 1. The predicted octanol–water partition coefficient (Wildman–Crippen LogP) is 0.943. The molecule has 0 aliphatic carbocycles. The van der Waals surface area contributed by atoms with E-state index >= 15 is 0 Å². The Morgan fingerprint density at radius 2 is 2.00 bits per heavy atom. The van der Waals surface area contributed by atoms with Crippen LogP contribution in [0.15, 0.2) is 12.4 Å². The van der Waals surface area contributed by atoms with Crippen molar-refractivity contribution >= 4 is 18.4 Å². The monoisotopic (exact) mass is 188 g/mol. The molecule has 4 nitrogen and oxygen atoms in total. The van der Waals surface area contributed by atoms with Gasteiger partial charge in [-0.3, -0.25) is 0 Å². The molecule has 0 fully saturated rings. The smallest absolute Gasteiger partial charge is 0.367 e.